The molecule has 3 aromatic rings. The van der Waals surface area contributed by atoms with Gasteiger partial charge in [-0.15, -0.1) is 0 Å². The minimum absolute atomic E-state index is 0.320. The van der Waals surface area contributed by atoms with Gasteiger partial charge >= 0.3 is 0 Å². The summed E-state index contributed by atoms with van der Waals surface area (Å²) >= 11 is 6.25. The first-order valence-corrected chi connectivity index (χ1v) is 8.91. The second-order valence-corrected chi connectivity index (χ2v) is 6.92. The van der Waals surface area contributed by atoms with Crippen LogP contribution >= 0.6 is 11.6 Å². The zero-order valence-corrected chi connectivity index (χ0v) is 15.5. The molecule has 0 bridgehead atoms. The molecular weight excluding hydrogens is 386 g/mol. The third-order valence-corrected chi connectivity index (χ3v) is 5.17. The highest BCUT2D eigenvalue weighted by molar-refractivity contribution is 6.33. The standard InChI is InChI=1S/C20H15ClF2N4O/c1-11-20(12-2-5-14(22)6-3-12,13-4-8-16(23)24-10-13)27-19(25-11)18-15(21)7-9-17(28)26-18/h2-11H,1H3,(H,25,27)(H,26,28)/t11-,20-/m0/s1. The first-order chi connectivity index (χ1) is 13.4. The maximum absolute atomic E-state index is 13.5. The van der Waals surface area contributed by atoms with E-state index in [9.17, 15) is 13.6 Å². The Morgan fingerprint density at radius 2 is 1.75 bits per heavy atom. The minimum Gasteiger partial charge on any atom is -0.353 e. The van der Waals surface area contributed by atoms with Crippen molar-refractivity contribution in [2.45, 2.75) is 18.5 Å². The molecule has 2 aromatic heterocycles. The number of aromatic nitrogens is 2. The highest BCUT2D eigenvalue weighted by atomic mass is 35.5. The highest BCUT2D eigenvalue weighted by Gasteiger charge is 2.46. The Bertz CT molecular complexity index is 1060. The molecule has 4 rings (SSSR count). The second-order valence-electron chi connectivity index (χ2n) is 6.51. The van der Waals surface area contributed by atoms with Crippen molar-refractivity contribution in [2.75, 3.05) is 0 Å². The summed E-state index contributed by atoms with van der Waals surface area (Å²) in [5.74, 6) is -0.609. The Balaban J connectivity index is 1.88. The SMILES string of the molecule is C[C@@H]1N=C(c2[nH]c(=O)ccc2Cl)N[C@@]1(c1ccc(F)cc1)c1ccc(F)nc1. The molecule has 142 valence electrons. The number of nitrogens with zero attached hydrogens (tertiary/aromatic N) is 2. The maximum atomic E-state index is 13.5. The third-order valence-electron chi connectivity index (χ3n) is 4.85. The second kappa shape index (κ2) is 6.83. The third kappa shape index (κ3) is 2.97. The maximum Gasteiger partial charge on any atom is 0.248 e. The number of H-pyrrole nitrogens is 1. The molecule has 28 heavy (non-hydrogen) atoms. The van der Waals surface area contributed by atoms with Gasteiger partial charge < -0.3 is 10.3 Å². The van der Waals surface area contributed by atoms with Crippen molar-refractivity contribution in [2.24, 2.45) is 4.99 Å². The average molecular weight is 401 g/mol. The van der Waals surface area contributed by atoms with Gasteiger partial charge in [-0.3, -0.25) is 9.79 Å². The summed E-state index contributed by atoms with van der Waals surface area (Å²) < 4.78 is 26.9. The van der Waals surface area contributed by atoms with Gasteiger partial charge in [-0.2, -0.15) is 4.39 Å². The molecule has 5 nitrogen and oxygen atoms in total. The predicted octanol–water partition coefficient (Wildman–Crippen LogP) is 3.38. The van der Waals surface area contributed by atoms with Crippen LogP contribution < -0.4 is 10.9 Å². The molecule has 2 N–H and O–H groups in total. The zero-order chi connectivity index (χ0) is 19.9. The van der Waals surface area contributed by atoms with Gasteiger partial charge in [-0.1, -0.05) is 29.8 Å². The van der Waals surface area contributed by atoms with Crippen molar-refractivity contribution in [3.8, 4) is 0 Å². The van der Waals surface area contributed by atoms with E-state index >= 15 is 0 Å². The lowest BCUT2D eigenvalue weighted by Crippen LogP contribution is -2.48. The van der Waals surface area contributed by atoms with Gasteiger partial charge in [0.05, 0.1) is 11.1 Å². The largest absolute Gasteiger partial charge is 0.353 e. The van der Waals surface area contributed by atoms with E-state index in [0.717, 1.165) is 0 Å². The molecule has 0 radical (unpaired) electrons. The van der Waals surface area contributed by atoms with Gasteiger partial charge in [0.15, 0.2) is 0 Å². The van der Waals surface area contributed by atoms with E-state index in [4.69, 9.17) is 11.6 Å². The topological polar surface area (TPSA) is 70.1 Å². The van der Waals surface area contributed by atoms with Crippen LogP contribution in [0.15, 0.2) is 64.5 Å². The number of benzene rings is 1. The molecule has 0 fully saturated rings. The first kappa shape index (κ1) is 18.3. The fourth-order valence-electron chi connectivity index (χ4n) is 3.49. The van der Waals surface area contributed by atoms with Crippen LogP contribution in [0.2, 0.25) is 5.02 Å². The minimum atomic E-state index is -0.945. The van der Waals surface area contributed by atoms with Crippen LogP contribution in [0.4, 0.5) is 8.78 Å². The normalized spacial score (nSPS) is 21.3. The Morgan fingerprint density at radius 3 is 2.43 bits per heavy atom. The van der Waals surface area contributed by atoms with E-state index in [2.05, 4.69) is 20.3 Å². The van der Waals surface area contributed by atoms with Crippen molar-refractivity contribution in [1.82, 2.24) is 15.3 Å². The number of nitrogens with one attached hydrogen (secondary N) is 2. The Hall–Kier alpha value is -3.06. The summed E-state index contributed by atoms with van der Waals surface area (Å²) in [7, 11) is 0. The highest BCUT2D eigenvalue weighted by Crippen LogP contribution is 2.38. The number of hydrogen-bond acceptors (Lipinski definition) is 4. The predicted molar refractivity (Wildman–Crippen MR) is 103 cm³/mol. The Morgan fingerprint density at radius 1 is 1.04 bits per heavy atom. The van der Waals surface area contributed by atoms with E-state index in [1.807, 2.05) is 6.92 Å². The molecule has 0 spiro atoms. The Labute approximate surface area is 164 Å². The molecule has 0 aliphatic carbocycles. The molecule has 3 heterocycles. The van der Waals surface area contributed by atoms with Gasteiger partial charge in [0.2, 0.25) is 11.5 Å². The molecule has 0 unspecified atom stereocenters. The summed E-state index contributed by atoms with van der Waals surface area (Å²) in [5.41, 5.74) is 0.434. The lowest BCUT2D eigenvalue weighted by Gasteiger charge is -2.34. The molecule has 0 saturated carbocycles. The molecule has 8 heteroatoms. The first-order valence-electron chi connectivity index (χ1n) is 8.53. The van der Waals surface area contributed by atoms with Crippen LogP contribution in [0.1, 0.15) is 23.7 Å². The average Bonchev–Trinajstić information content (AvgIpc) is 3.03. The quantitative estimate of drug-likeness (QED) is 0.662. The van der Waals surface area contributed by atoms with Crippen LogP contribution in [0.25, 0.3) is 0 Å². The van der Waals surface area contributed by atoms with E-state index in [1.165, 1.54) is 36.5 Å². The lowest BCUT2D eigenvalue weighted by atomic mass is 9.79. The number of rotatable bonds is 3. The monoisotopic (exact) mass is 400 g/mol. The van der Waals surface area contributed by atoms with Crippen molar-refractivity contribution >= 4 is 17.4 Å². The van der Waals surface area contributed by atoms with E-state index in [0.29, 0.717) is 27.7 Å². The van der Waals surface area contributed by atoms with Gasteiger partial charge in [-0.25, -0.2) is 9.37 Å². The number of pyridine rings is 2. The van der Waals surface area contributed by atoms with Gasteiger partial charge in [0.25, 0.3) is 0 Å². The smallest absolute Gasteiger partial charge is 0.248 e. The number of hydrogen-bond donors (Lipinski definition) is 2. The van der Waals surface area contributed by atoms with E-state index in [-0.39, 0.29) is 17.4 Å². The van der Waals surface area contributed by atoms with Crippen molar-refractivity contribution in [1.29, 1.82) is 0 Å². The molecule has 0 amide bonds. The summed E-state index contributed by atoms with van der Waals surface area (Å²) in [6.45, 7) is 1.86. The number of aliphatic imine (C=N–C) groups is 1. The lowest BCUT2D eigenvalue weighted by molar-refractivity contribution is 0.430. The molecule has 1 aliphatic heterocycles. The van der Waals surface area contributed by atoms with Crippen molar-refractivity contribution in [3.05, 3.63) is 98.7 Å². The van der Waals surface area contributed by atoms with Crippen molar-refractivity contribution in [3.63, 3.8) is 0 Å². The van der Waals surface area contributed by atoms with Crippen molar-refractivity contribution < 1.29 is 8.78 Å². The molecule has 2 atom stereocenters. The molecule has 1 aromatic carbocycles. The summed E-state index contributed by atoms with van der Waals surface area (Å²) in [4.78, 5) is 22.9. The van der Waals surface area contributed by atoms with Gasteiger partial charge in [0, 0.05) is 17.8 Å². The van der Waals surface area contributed by atoms with E-state index in [1.54, 1.807) is 18.2 Å². The van der Waals surface area contributed by atoms with Crippen LogP contribution in [0.3, 0.4) is 0 Å². The molecule has 0 saturated heterocycles. The van der Waals surface area contributed by atoms with Crippen LogP contribution in [0.5, 0.6) is 0 Å². The van der Waals surface area contributed by atoms with E-state index < -0.39 is 11.5 Å². The number of halogens is 3. The fourth-order valence-corrected chi connectivity index (χ4v) is 3.69. The van der Waals surface area contributed by atoms with Crippen LogP contribution in [-0.4, -0.2) is 21.8 Å². The number of amidine groups is 1. The summed E-state index contributed by atoms with van der Waals surface area (Å²) in [5, 5.41) is 3.64. The van der Waals surface area contributed by atoms with Gasteiger partial charge in [-0.05, 0) is 36.8 Å². The summed E-state index contributed by atoms with van der Waals surface area (Å²) in [6.07, 6.45) is 1.41. The van der Waals surface area contributed by atoms with Crippen LogP contribution in [-0.2, 0) is 5.54 Å². The van der Waals surface area contributed by atoms with Crippen LogP contribution in [0, 0.1) is 11.8 Å². The number of aromatic amines is 1. The fraction of sp³-hybridized carbons (Fsp3) is 0.150. The van der Waals surface area contributed by atoms with Gasteiger partial charge in [0.1, 0.15) is 22.9 Å². The summed E-state index contributed by atoms with van der Waals surface area (Å²) in [6, 6.07) is 11.2. The molecule has 1 aliphatic rings. The zero-order valence-electron chi connectivity index (χ0n) is 14.7. The molecular formula is C20H15ClF2N4O. The Kier molecular flexibility index (Phi) is 4.47.